The second-order valence-electron chi connectivity index (χ2n) is 3.80. The van der Waals surface area contributed by atoms with E-state index in [1.807, 2.05) is 6.92 Å². The minimum Gasteiger partial charge on any atom is -0.494 e. The lowest BCUT2D eigenvalue weighted by atomic mass is 10.3. The van der Waals surface area contributed by atoms with Gasteiger partial charge in [0.15, 0.2) is 5.15 Å². The highest BCUT2D eigenvalue weighted by molar-refractivity contribution is 6.31. The molecule has 1 heterocycles. The number of rotatable bonds is 4. The van der Waals surface area contributed by atoms with Crippen LogP contribution in [0.2, 0.25) is 5.15 Å². The van der Waals surface area contributed by atoms with Gasteiger partial charge < -0.3 is 4.74 Å². The summed E-state index contributed by atoms with van der Waals surface area (Å²) in [4.78, 5) is 0. The number of aromatic nitrogens is 2. The fourth-order valence-corrected chi connectivity index (χ4v) is 1.97. The highest BCUT2D eigenvalue weighted by atomic mass is 35.5. The topological polar surface area (TPSA) is 50.8 Å². The number of nitriles is 1. The van der Waals surface area contributed by atoms with Gasteiger partial charge in [-0.1, -0.05) is 11.6 Å². The lowest BCUT2D eigenvalue weighted by Gasteiger charge is -2.05. The summed E-state index contributed by atoms with van der Waals surface area (Å²) in [6, 6.07) is 8.24. The van der Waals surface area contributed by atoms with Gasteiger partial charge in [0.2, 0.25) is 0 Å². The molecule has 0 atom stereocenters. The molecule has 4 nitrogen and oxygen atoms in total. The van der Waals surface area contributed by atoms with Crippen molar-refractivity contribution in [2.45, 2.75) is 13.3 Å². The molecule has 0 aliphatic carbocycles. The van der Waals surface area contributed by atoms with E-state index in [9.17, 15) is 8.78 Å². The Morgan fingerprint density at radius 3 is 2.50 bits per heavy atom. The molecule has 20 heavy (non-hydrogen) atoms. The SMILES string of the molecule is CCOc1ccc(-n2nc(C(F)F)c(C#N)c2Cl)cc1. The van der Waals surface area contributed by atoms with Gasteiger partial charge in [-0.3, -0.25) is 0 Å². The Morgan fingerprint density at radius 1 is 1.40 bits per heavy atom. The van der Waals surface area contributed by atoms with Gasteiger partial charge in [-0.2, -0.15) is 10.4 Å². The maximum Gasteiger partial charge on any atom is 0.283 e. The smallest absolute Gasteiger partial charge is 0.283 e. The molecule has 0 fully saturated rings. The maximum absolute atomic E-state index is 12.8. The van der Waals surface area contributed by atoms with E-state index in [0.717, 1.165) is 4.68 Å². The second-order valence-corrected chi connectivity index (χ2v) is 4.16. The van der Waals surface area contributed by atoms with E-state index in [1.165, 1.54) is 0 Å². The lowest BCUT2D eigenvalue weighted by Crippen LogP contribution is -1.98. The van der Waals surface area contributed by atoms with Gasteiger partial charge in [-0.05, 0) is 31.2 Å². The molecule has 104 valence electrons. The van der Waals surface area contributed by atoms with Crippen LogP contribution in [-0.4, -0.2) is 16.4 Å². The Balaban J connectivity index is 2.45. The predicted octanol–water partition coefficient (Wildman–Crippen LogP) is 3.73. The van der Waals surface area contributed by atoms with Crippen molar-refractivity contribution in [1.29, 1.82) is 5.26 Å². The van der Waals surface area contributed by atoms with Crippen molar-refractivity contribution < 1.29 is 13.5 Å². The molecule has 0 saturated carbocycles. The summed E-state index contributed by atoms with van der Waals surface area (Å²) >= 11 is 5.92. The van der Waals surface area contributed by atoms with Crippen LogP contribution in [0.15, 0.2) is 24.3 Å². The fraction of sp³-hybridized carbons (Fsp3) is 0.231. The minimum absolute atomic E-state index is 0.132. The molecular weight excluding hydrogens is 288 g/mol. The van der Waals surface area contributed by atoms with Gasteiger partial charge in [0.1, 0.15) is 23.1 Å². The Morgan fingerprint density at radius 2 is 2.05 bits per heavy atom. The molecule has 0 bridgehead atoms. The monoisotopic (exact) mass is 297 g/mol. The first-order valence-electron chi connectivity index (χ1n) is 5.78. The van der Waals surface area contributed by atoms with Crippen LogP contribution < -0.4 is 4.74 Å². The van der Waals surface area contributed by atoms with Crippen molar-refractivity contribution in [3.05, 3.63) is 40.7 Å². The van der Waals surface area contributed by atoms with Crippen LogP contribution in [0.25, 0.3) is 5.69 Å². The quantitative estimate of drug-likeness (QED) is 0.864. The minimum atomic E-state index is -2.86. The van der Waals surface area contributed by atoms with E-state index in [-0.39, 0.29) is 10.7 Å². The number of hydrogen-bond acceptors (Lipinski definition) is 3. The molecule has 1 aromatic carbocycles. The summed E-state index contributed by atoms with van der Waals surface area (Å²) in [7, 11) is 0. The first kappa shape index (κ1) is 14.3. The summed E-state index contributed by atoms with van der Waals surface area (Å²) in [5, 5.41) is 12.4. The van der Waals surface area contributed by atoms with Crippen LogP contribution in [0.1, 0.15) is 24.6 Å². The molecule has 0 radical (unpaired) electrons. The molecule has 0 amide bonds. The van der Waals surface area contributed by atoms with E-state index in [1.54, 1.807) is 30.3 Å². The first-order chi connectivity index (χ1) is 9.58. The maximum atomic E-state index is 12.8. The van der Waals surface area contributed by atoms with Crippen molar-refractivity contribution in [3.63, 3.8) is 0 Å². The molecule has 1 aromatic heterocycles. The number of benzene rings is 1. The third kappa shape index (κ3) is 2.58. The Bertz CT molecular complexity index is 647. The summed E-state index contributed by atoms with van der Waals surface area (Å²) < 4.78 is 32.0. The molecular formula is C13H10ClF2N3O. The van der Waals surface area contributed by atoms with Gasteiger partial charge in [0, 0.05) is 0 Å². The molecule has 7 heteroatoms. The molecule has 0 aliphatic rings. The highest BCUT2D eigenvalue weighted by Crippen LogP contribution is 2.29. The summed E-state index contributed by atoms with van der Waals surface area (Å²) in [6.07, 6.45) is -2.86. The van der Waals surface area contributed by atoms with E-state index in [0.29, 0.717) is 18.0 Å². The van der Waals surface area contributed by atoms with Crippen LogP contribution in [0.5, 0.6) is 5.75 Å². The molecule has 0 N–H and O–H groups in total. The number of ether oxygens (including phenoxy) is 1. The Hall–Kier alpha value is -2.13. The zero-order valence-electron chi connectivity index (χ0n) is 10.5. The fourth-order valence-electron chi connectivity index (χ4n) is 1.69. The lowest BCUT2D eigenvalue weighted by molar-refractivity contribution is 0.145. The predicted molar refractivity (Wildman–Crippen MR) is 69.4 cm³/mol. The van der Waals surface area contributed by atoms with E-state index >= 15 is 0 Å². The van der Waals surface area contributed by atoms with Crippen molar-refractivity contribution in [1.82, 2.24) is 9.78 Å². The van der Waals surface area contributed by atoms with Crippen LogP contribution in [0.4, 0.5) is 8.78 Å². The van der Waals surface area contributed by atoms with Gasteiger partial charge >= 0.3 is 0 Å². The van der Waals surface area contributed by atoms with E-state index < -0.39 is 12.1 Å². The zero-order valence-corrected chi connectivity index (χ0v) is 11.2. The van der Waals surface area contributed by atoms with Crippen LogP contribution in [0, 0.1) is 11.3 Å². The molecule has 0 spiro atoms. The number of halogens is 3. The molecule has 2 aromatic rings. The Kier molecular flexibility index (Phi) is 4.20. The third-order valence-corrected chi connectivity index (χ3v) is 2.92. The Labute approximate surface area is 119 Å². The van der Waals surface area contributed by atoms with Crippen molar-refractivity contribution in [2.75, 3.05) is 6.61 Å². The van der Waals surface area contributed by atoms with Crippen molar-refractivity contribution in [3.8, 4) is 17.5 Å². The van der Waals surface area contributed by atoms with E-state index in [2.05, 4.69) is 5.10 Å². The molecule has 2 rings (SSSR count). The number of alkyl halides is 2. The third-order valence-electron chi connectivity index (χ3n) is 2.57. The standard InChI is InChI=1S/C13H10ClF2N3O/c1-2-20-9-5-3-8(4-6-9)19-12(14)10(7-17)11(18-19)13(15)16/h3-6,13H,2H2,1H3. The average molecular weight is 298 g/mol. The van der Waals surface area contributed by atoms with Crippen LogP contribution >= 0.6 is 11.6 Å². The zero-order chi connectivity index (χ0) is 14.7. The molecule has 0 saturated heterocycles. The van der Waals surface area contributed by atoms with Crippen molar-refractivity contribution in [2.24, 2.45) is 0 Å². The molecule has 0 aliphatic heterocycles. The summed E-state index contributed by atoms with van der Waals surface area (Å²) in [5.41, 5.74) is -0.455. The second kappa shape index (κ2) is 5.88. The van der Waals surface area contributed by atoms with Gasteiger partial charge in [-0.25, -0.2) is 13.5 Å². The number of hydrogen-bond donors (Lipinski definition) is 0. The van der Waals surface area contributed by atoms with Crippen LogP contribution in [-0.2, 0) is 0 Å². The first-order valence-corrected chi connectivity index (χ1v) is 6.16. The van der Waals surface area contributed by atoms with Gasteiger partial charge in [0.05, 0.1) is 12.3 Å². The normalized spacial score (nSPS) is 10.6. The largest absolute Gasteiger partial charge is 0.494 e. The molecule has 0 unspecified atom stereocenters. The van der Waals surface area contributed by atoms with Crippen LogP contribution in [0.3, 0.4) is 0 Å². The van der Waals surface area contributed by atoms with Crippen molar-refractivity contribution >= 4 is 11.6 Å². The average Bonchev–Trinajstić information content (AvgIpc) is 2.77. The van der Waals surface area contributed by atoms with Gasteiger partial charge in [0.25, 0.3) is 6.43 Å². The van der Waals surface area contributed by atoms with E-state index in [4.69, 9.17) is 21.6 Å². The summed E-state index contributed by atoms with van der Waals surface area (Å²) in [5.74, 6) is 0.647. The number of nitrogens with zero attached hydrogens (tertiary/aromatic N) is 3. The highest BCUT2D eigenvalue weighted by Gasteiger charge is 2.23. The summed E-state index contributed by atoms with van der Waals surface area (Å²) in [6.45, 7) is 2.38. The van der Waals surface area contributed by atoms with Gasteiger partial charge in [-0.15, -0.1) is 0 Å².